The van der Waals surface area contributed by atoms with Gasteiger partial charge in [-0.1, -0.05) is 30.3 Å². The Bertz CT molecular complexity index is 1200. The van der Waals surface area contributed by atoms with E-state index in [4.69, 9.17) is 4.74 Å². The third kappa shape index (κ3) is 4.37. The number of nitrogens with zero attached hydrogens (tertiary/aromatic N) is 3. The average molecular weight is 442 g/mol. The molecule has 33 heavy (non-hydrogen) atoms. The van der Waals surface area contributed by atoms with Crippen LogP contribution in [-0.4, -0.2) is 41.9 Å². The van der Waals surface area contributed by atoms with Gasteiger partial charge in [0.2, 0.25) is 0 Å². The lowest BCUT2D eigenvalue weighted by Crippen LogP contribution is -2.36. The molecule has 0 saturated heterocycles. The van der Waals surface area contributed by atoms with Gasteiger partial charge in [-0.25, -0.2) is 4.90 Å². The van der Waals surface area contributed by atoms with Crippen LogP contribution in [-0.2, 0) is 16.0 Å². The van der Waals surface area contributed by atoms with Crippen molar-refractivity contribution in [3.05, 3.63) is 95.4 Å². The smallest absolute Gasteiger partial charge is 0.282 e. The second-order valence-electron chi connectivity index (χ2n) is 7.89. The van der Waals surface area contributed by atoms with Gasteiger partial charge in [-0.3, -0.25) is 14.6 Å². The molecule has 2 amide bonds. The zero-order chi connectivity index (χ0) is 23.4. The van der Waals surface area contributed by atoms with Gasteiger partial charge in [-0.15, -0.1) is 0 Å². The van der Waals surface area contributed by atoms with E-state index >= 15 is 0 Å². The summed E-state index contributed by atoms with van der Waals surface area (Å²) in [5, 5.41) is 0. The van der Waals surface area contributed by atoms with Crippen molar-refractivity contribution in [3.8, 4) is 5.75 Å². The number of likely N-dealkylation sites (N-methyl/N-ethyl adjacent to an activating group) is 1. The molecule has 0 spiro atoms. The number of aryl methyl sites for hydroxylation is 1. The molecule has 1 aliphatic heterocycles. The minimum Gasteiger partial charge on any atom is -0.496 e. The molecule has 6 nitrogen and oxygen atoms in total. The van der Waals surface area contributed by atoms with E-state index in [1.54, 1.807) is 31.6 Å². The minimum atomic E-state index is -0.340. The van der Waals surface area contributed by atoms with Crippen LogP contribution in [0.1, 0.15) is 23.6 Å². The molecule has 4 rings (SSSR count). The number of amides is 2. The van der Waals surface area contributed by atoms with E-state index in [9.17, 15) is 9.59 Å². The molecule has 0 unspecified atom stereocenters. The standard InChI is InChI=1S/C27H27N3O3/c1-4-29(17-14-20-12-15-28-16-13-20)25-24(22-10-5-6-11-23(22)33-3)26(31)30(27(25)32)21-9-7-8-19(2)18-21/h5-13,15-16,18H,4,14,17H2,1-3H3. The summed E-state index contributed by atoms with van der Waals surface area (Å²) in [5.41, 5.74) is 4.06. The first-order valence-electron chi connectivity index (χ1n) is 11.0. The van der Waals surface area contributed by atoms with Gasteiger partial charge in [0.15, 0.2) is 0 Å². The van der Waals surface area contributed by atoms with E-state index in [1.165, 1.54) is 4.90 Å². The predicted molar refractivity (Wildman–Crippen MR) is 129 cm³/mol. The SMILES string of the molecule is CCN(CCc1ccncc1)C1=C(c2ccccc2OC)C(=O)N(c2cccc(C)c2)C1=O. The maximum Gasteiger partial charge on any atom is 0.282 e. The summed E-state index contributed by atoms with van der Waals surface area (Å²) in [7, 11) is 1.57. The molecule has 0 atom stereocenters. The van der Waals surface area contributed by atoms with Gasteiger partial charge in [-0.05, 0) is 61.7 Å². The van der Waals surface area contributed by atoms with Gasteiger partial charge in [0.1, 0.15) is 11.4 Å². The van der Waals surface area contributed by atoms with Crippen molar-refractivity contribution in [1.29, 1.82) is 0 Å². The van der Waals surface area contributed by atoms with Crippen molar-refractivity contribution in [2.24, 2.45) is 0 Å². The Morgan fingerprint density at radius 2 is 1.73 bits per heavy atom. The topological polar surface area (TPSA) is 62.7 Å². The number of ether oxygens (including phenoxy) is 1. The highest BCUT2D eigenvalue weighted by atomic mass is 16.5. The van der Waals surface area contributed by atoms with Gasteiger partial charge >= 0.3 is 0 Å². The molecule has 3 aromatic rings. The van der Waals surface area contributed by atoms with Crippen molar-refractivity contribution in [1.82, 2.24) is 9.88 Å². The first-order valence-corrected chi connectivity index (χ1v) is 11.0. The number of methoxy groups -OCH3 is 1. The van der Waals surface area contributed by atoms with Crippen LogP contribution >= 0.6 is 0 Å². The third-order valence-electron chi connectivity index (χ3n) is 5.81. The summed E-state index contributed by atoms with van der Waals surface area (Å²) < 4.78 is 5.55. The van der Waals surface area contributed by atoms with Gasteiger partial charge in [-0.2, -0.15) is 0 Å². The number of carbonyl (C=O) groups excluding carboxylic acids is 2. The number of hydrogen-bond donors (Lipinski definition) is 0. The van der Waals surface area contributed by atoms with Crippen LogP contribution in [0.3, 0.4) is 0 Å². The van der Waals surface area contributed by atoms with Crippen molar-refractivity contribution in [2.45, 2.75) is 20.3 Å². The fourth-order valence-electron chi connectivity index (χ4n) is 4.15. The first-order chi connectivity index (χ1) is 16.0. The van der Waals surface area contributed by atoms with Crippen molar-refractivity contribution < 1.29 is 14.3 Å². The van der Waals surface area contributed by atoms with Gasteiger partial charge in [0.05, 0.1) is 18.4 Å². The van der Waals surface area contributed by atoms with E-state index in [-0.39, 0.29) is 11.8 Å². The Kier molecular flexibility index (Phi) is 6.54. The molecule has 2 aromatic carbocycles. The number of benzene rings is 2. The van der Waals surface area contributed by atoms with Gasteiger partial charge in [0, 0.05) is 31.0 Å². The van der Waals surface area contributed by atoms with Crippen LogP contribution in [0.2, 0.25) is 0 Å². The Morgan fingerprint density at radius 1 is 0.970 bits per heavy atom. The first kappa shape index (κ1) is 22.3. The number of anilines is 1. The molecule has 1 aromatic heterocycles. The van der Waals surface area contributed by atoms with Crippen LogP contribution in [0.25, 0.3) is 5.57 Å². The van der Waals surface area contributed by atoms with E-state index in [0.717, 1.165) is 17.5 Å². The normalized spacial score (nSPS) is 13.6. The lowest BCUT2D eigenvalue weighted by Gasteiger charge is -2.25. The zero-order valence-corrected chi connectivity index (χ0v) is 19.1. The number of hydrogen-bond acceptors (Lipinski definition) is 5. The molecular formula is C27H27N3O3. The van der Waals surface area contributed by atoms with Crippen LogP contribution in [0.15, 0.2) is 78.8 Å². The number of aromatic nitrogens is 1. The molecule has 0 radical (unpaired) electrons. The fourth-order valence-corrected chi connectivity index (χ4v) is 4.15. The Labute approximate surface area is 194 Å². The summed E-state index contributed by atoms with van der Waals surface area (Å²) in [4.78, 5) is 34.9. The molecule has 0 bridgehead atoms. The number of pyridine rings is 1. The summed E-state index contributed by atoms with van der Waals surface area (Å²) in [6, 6.07) is 18.7. The largest absolute Gasteiger partial charge is 0.496 e. The number of para-hydroxylation sites is 1. The van der Waals surface area contributed by atoms with Crippen molar-refractivity contribution >= 4 is 23.1 Å². The summed E-state index contributed by atoms with van der Waals surface area (Å²) >= 11 is 0. The average Bonchev–Trinajstić information content (AvgIpc) is 3.10. The van der Waals surface area contributed by atoms with Gasteiger partial charge in [0.25, 0.3) is 11.8 Å². The molecule has 1 aliphatic rings. The highest BCUT2D eigenvalue weighted by molar-refractivity contribution is 6.45. The minimum absolute atomic E-state index is 0.317. The molecule has 0 N–H and O–H groups in total. The molecule has 2 heterocycles. The highest BCUT2D eigenvalue weighted by Gasteiger charge is 2.43. The number of imide groups is 1. The highest BCUT2D eigenvalue weighted by Crippen LogP contribution is 2.38. The maximum absolute atomic E-state index is 13.8. The van der Waals surface area contributed by atoms with Crippen LogP contribution < -0.4 is 9.64 Å². The Hall–Kier alpha value is -3.93. The lowest BCUT2D eigenvalue weighted by atomic mass is 10.0. The number of rotatable bonds is 8. The summed E-state index contributed by atoms with van der Waals surface area (Å²) in [6.07, 6.45) is 4.24. The predicted octanol–water partition coefficient (Wildman–Crippen LogP) is 4.25. The Morgan fingerprint density at radius 3 is 2.42 bits per heavy atom. The monoisotopic (exact) mass is 441 g/mol. The van der Waals surface area contributed by atoms with Crippen molar-refractivity contribution in [3.63, 3.8) is 0 Å². The van der Waals surface area contributed by atoms with Crippen LogP contribution in [0.4, 0.5) is 5.69 Å². The third-order valence-corrected chi connectivity index (χ3v) is 5.81. The molecule has 0 fully saturated rings. The molecule has 168 valence electrons. The van der Waals surface area contributed by atoms with Crippen LogP contribution in [0.5, 0.6) is 5.75 Å². The van der Waals surface area contributed by atoms with E-state index in [1.807, 2.05) is 67.3 Å². The fraction of sp³-hybridized carbons (Fsp3) is 0.222. The molecule has 0 aliphatic carbocycles. The van der Waals surface area contributed by atoms with E-state index in [0.29, 0.717) is 41.4 Å². The zero-order valence-electron chi connectivity index (χ0n) is 19.1. The molecule has 6 heteroatoms. The van der Waals surface area contributed by atoms with Crippen LogP contribution in [0, 0.1) is 6.92 Å². The van der Waals surface area contributed by atoms with E-state index in [2.05, 4.69) is 4.98 Å². The Balaban J connectivity index is 1.80. The summed E-state index contributed by atoms with van der Waals surface area (Å²) in [5.74, 6) is -0.0991. The maximum atomic E-state index is 13.8. The summed E-state index contributed by atoms with van der Waals surface area (Å²) in [6.45, 7) is 5.11. The molecule has 0 saturated carbocycles. The molecular weight excluding hydrogens is 414 g/mol. The second-order valence-corrected chi connectivity index (χ2v) is 7.89. The van der Waals surface area contributed by atoms with Crippen molar-refractivity contribution in [2.75, 3.05) is 25.1 Å². The van der Waals surface area contributed by atoms with E-state index < -0.39 is 0 Å². The second kappa shape index (κ2) is 9.69. The van der Waals surface area contributed by atoms with Gasteiger partial charge < -0.3 is 9.64 Å². The lowest BCUT2D eigenvalue weighted by molar-refractivity contribution is -0.120. The quantitative estimate of drug-likeness (QED) is 0.489. The number of carbonyl (C=O) groups is 2.